The van der Waals surface area contributed by atoms with Gasteiger partial charge in [0.05, 0.1) is 4.92 Å². The lowest BCUT2D eigenvalue weighted by Crippen LogP contribution is -2.36. The normalized spacial score (nSPS) is 11.5. The zero-order valence-electron chi connectivity index (χ0n) is 14.0. The van der Waals surface area contributed by atoms with Crippen LogP contribution in [0.2, 0.25) is 0 Å². The van der Waals surface area contributed by atoms with Gasteiger partial charge in [0.1, 0.15) is 5.82 Å². The maximum Gasteiger partial charge on any atom is 0.269 e. The molecule has 0 aliphatic carbocycles. The average molecular weight is 342 g/mol. The molecule has 2 aromatic rings. The van der Waals surface area contributed by atoms with E-state index in [0.29, 0.717) is 11.1 Å². The molecule has 0 saturated heterocycles. The number of carbonyl (C=O) groups excluding carboxylic acids is 1. The molecule has 25 heavy (non-hydrogen) atoms. The molecule has 0 radical (unpaired) electrons. The Kier molecular flexibility index (Phi) is 5.64. The number of nitro groups is 1. The van der Waals surface area contributed by atoms with Crippen LogP contribution in [0.4, 0.5) is 10.1 Å². The number of amides is 1. The minimum atomic E-state index is -0.553. The largest absolute Gasteiger partial charge is 0.352 e. The molecule has 0 saturated carbocycles. The Labute approximate surface area is 145 Å². The standard InChI is InChI=1S/C19H19FN2O3/c1-19(2,16-5-3-4-6-17(16)20)13-21-18(23)12-9-14-7-10-15(11-8-14)22(24)25/h3-12H,13H2,1-2H3,(H,21,23)/b12-9+. The number of halogens is 1. The zero-order valence-corrected chi connectivity index (χ0v) is 14.0. The van der Waals surface area contributed by atoms with Crippen molar-refractivity contribution in [3.63, 3.8) is 0 Å². The highest BCUT2D eigenvalue weighted by Gasteiger charge is 2.24. The molecule has 0 unspecified atom stereocenters. The minimum absolute atomic E-state index is 0.00626. The van der Waals surface area contributed by atoms with Crippen molar-refractivity contribution < 1.29 is 14.1 Å². The van der Waals surface area contributed by atoms with Gasteiger partial charge in [-0.15, -0.1) is 0 Å². The van der Waals surface area contributed by atoms with E-state index in [1.807, 2.05) is 13.8 Å². The highest BCUT2D eigenvalue weighted by atomic mass is 19.1. The highest BCUT2D eigenvalue weighted by Crippen LogP contribution is 2.24. The van der Waals surface area contributed by atoms with Crippen LogP contribution in [0.25, 0.3) is 6.08 Å². The van der Waals surface area contributed by atoms with Crippen molar-refractivity contribution in [3.8, 4) is 0 Å². The van der Waals surface area contributed by atoms with E-state index >= 15 is 0 Å². The summed E-state index contributed by atoms with van der Waals surface area (Å²) in [7, 11) is 0. The van der Waals surface area contributed by atoms with Crippen molar-refractivity contribution in [3.05, 3.63) is 81.7 Å². The van der Waals surface area contributed by atoms with Crippen LogP contribution >= 0.6 is 0 Å². The second-order valence-electron chi connectivity index (χ2n) is 6.26. The summed E-state index contributed by atoms with van der Waals surface area (Å²) in [5.41, 5.74) is 0.652. The third-order valence-corrected chi connectivity index (χ3v) is 3.84. The lowest BCUT2D eigenvalue weighted by Gasteiger charge is -2.25. The van der Waals surface area contributed by atoms with Gasteiger partial charge in [-0.1, -0.05) is 32.0 Å². The number of non-ortho nitro benzene ring substituents is 1. The molecule has 2 rings (SSSR count). The number of nitrogens with zero attached hydrogens (tertiary/aromatic N) is 1. The molecule has 0 aliphatic heterocycles. The highest BCUT2D eigenvalue weighted by molar-refractivity contribution is 5.91. The van der Waals surface area contributed by atoms with E-state index < -0.39 is 10.3 Å². The Bertz CT molecular complexity index is 799. The Hall–Kier alpha value is -3.02. The van der Waals surface area contributed by atoms with Crippen molar-refractivity contribution in [1.82, 2.24) is 5.32 Å². The van der Waals surface area contributed by atoms with Crippen LogP contribution in [0.5, 0.6) is 0 Å². The number of hydrogen-bond donors (Lipinski definition) is 1. The number of carbonyl (C=O) groups is 1. The summed E-state index contributed by atoms with van der Waals surface area (Å²) in [6, 6.07) is 12.4. The molecule has 0 aromatic heterocycles. The number of hydrogen-bond acceptors (Lipinski definition) is 3. The van der Waals surface area contributed by atoms with E-state index in [1.165, 1.54) is 24.3 Å². The number of benzene rings is 2. The van der Waals surface area contributed by atoms with Crippen LogP contribution in [0.15, 0.2) is 54.6 Å². The van der Waals surface area contributed by atoms with Crippen molar-refractivity contribution >= 4 is 17.7 Å². The lowest BCUT2D eigenvalue weighted by molar-refractivity contribution is -0.384. The Morgan fingerprint density at radius 2 is 1.84 bits per heavy atom. The predicted molar refractivity (Wildman–Crippen MR) is 94.6 cm³/mol. The molecular formula is C19H19FN2O3. The van der Waals surface area contributed by atoms with Crippen LogP contribution in [-0.2, 0) is 10.2 Å². The quantitative estimate of drug-likeness (QED) is 0.492. The fourth-order valence-electron chi connectivity index (χ4n) is 2.35. The van der Waals surface area contributed by atoms with Gasteiger partial charge in [0.2, 0.25) is 5.91 Å². The first-order valence-corrected chi connectivity index (χ1v) is 7.75. The van der Waals surface area contributed by atoms with Crippen LogP contribution in [-0.4, -0.2) is 17.4 Å². The smallest absolute Gasteiger partial charge is 0.269 e. The average Bonchev–Trinajstić information content (AvgIpc) is 2.59. The molecule has 0 fully saturated rings. The maximum absolute atomic E-state index is 13.9. The van der Waals surface area contributed by atoms with Gasteiger partial charge < -0.3 is 5.32 Å². The molecule has 0 heterocycles. The van der Waals surface area contributed by atoms with E-state index in [9.17, 15) is 19.3 Å². The van der Waals surface area contributed by atoms with Crippen molar-refractivity contribution in [1.29, 1.82) is 0 Å². The summed E-state index contributed by atoms with van der Waals surface area (Å²) in [6.07, 6.45) is 2.91. The molecular weight excluding hydrogens is 323 g/mol. The second kappa shape index (κ2) is 7.70. The molecule has 1 amide bonds. The number of nitro benzene ring substituents is 1. The first kappa shape index (κ1) is 18.3. The van der Waals surface area contributed by atoms with Crippen LogP contribution < -0.4 is 5.32 Å². The molecule has 6 heteroatoms. The van der Waals surface area contributed by atoms with E-state index in [2.05, 4.69) is 5.32 Å². The first-order valence-electron chi connectivity index (χ1n) is 7.75. The van der Waals surface area contributed by atoms with Gasteiger partial charge in [-0.2, -0.15) is 0 Å². The summed E-state index contributed by atoms with van der Waals surface area (Å²) >= 11 is 0. The number of nitrogens with one attached hydrogen (secondary N) is 1. The molecule has 0 bridgehead atoms. The van der Waals surface area contributed by atoms with Crippen LogP contribution in [0, 0.1) is 15.9 Å². The first-order chi connectivity index (χ1) is 11.8. The van der Waals surface area contributed by atoms with E-state index in [1.54, 1.807) is 36.4 Å². The minimum Gasteiger partial charge on any atom is -0.352 e. The molecule has 5 nitrogen and oxygen atoms in total. The van der Waals surface area contributed by atoms with Crippen molar-refractivity contribution in [2.24, 2.45) is 0 Å². The predicted octanol–water partition coefficient (Wildman–Crippen LogP) is 3.84. The molecule has 0 spiro atoms. The van der Waals surface area contributed by atoms with Gasteiger partial charge in [0.15, 0.2) is 0 Å². The summed E-state index contributed by atoms with van der Waals surface area (Å²) in [4.78, 5) is 22.1. The molecule has 1 N–H and O–H groups in total. The molecule has 130 valence electrons. The summed E-state index contributed by atoms with van der Waals surface area (Å²) in [5.74, 6) is -0.620. The number of rotatable bonds is 6. The topological polar surface area (TPSA) is 72.2 Å². The maximum atomic E-state index is 13.9. The fraction of sp³-hybridized carbons (Fsp3) is 0.211. The van der Waals surface area contributed by atoms with Crippen molar-refractivity contribution in [2.75, 3.05) is 6.54 Å². The zero-order chi connectivity index (χ0) is 18.4. The SMILES string of the molecule is CC(C)(CNC(=O)/C=C/c1ccc([N+](=O)[O-])cc1)c1ccccc1F. The van der Waals surface area contributed by atoms with E-state index in [-0.39, 0.29) is 24.0 Å². The van der Waals surface area contributed by atoms with E-state index in [4.69, 9.17) is 0 Å². The van der Waals surface area contributed by atoms with Gasteiger partial charge in [-0.05, 0) is 35.4 Å². The summed E-state index contributed by atoms with van der Waals surface area (Å²) in [5, 5.41) is 13.3. The molecule has 2 aromatic carbocycles. The molecule has 0 atom stereocenters. The summed E-state index contributed by atoms with van der Waals surface area (Å²) in [6.45, 7) is 3.98. The van der Waals surface area contributed by atoms with Gasteiger partial charge in [0, 0.05) is 30.2 Å². The Balaban J connectivity index is 1.96. The third kappa shape index (κ3) is 4.97. The van der Waals surface area contributed by atoms with Crippen molar-refractivity contribution in [2.45, 2.75) is 19.3 Å². The second-order valence-corrected chi connectivity index (χ2v) is 6.26. The van der Waals surface area contributed by atoms with Gasteiger partial charge in [0.25, 0.3) is 5.69 Å². The third-order valence-electron chi connectivity index (χ3n) is 3.84. The lowest BCUT2D eigenvalue weighted by atomic mass is 9.84. The van der Waals surface area contributed by atoms with Gasteiger partial charge in [-0.3, -0.25) is 14.9 Å². The van der Waals surface area contributed by atoms with Crippen LogP contribution in [0.1, 0.15) is 25.0 Å². The Morgan fingerprint density at radius 3 is 2.44 bits per heavy atom. The van der Waals surface area contributed by atoms with Gasteiger partial charge >= 0.3 is 0 Å². The molecule has 0 aliphatic rings. The van der Waals surface area contributed by atoms with Crippen LogP contribution in [0.3, 0.4) is 0 Å². The fourth-order valence-corrected chi connectivity index (χ4v) is 2.35. The monoisotopic (exact) mass is 342 g/mol. The Morgan fingerprint density at radius 1 is 1.20 bits per heavy atom. The summed E-state index contributed by atoms with van der Waals surface area (Å²) < 4.78 is 13.9. The van der Waals surface area contributed by atoms with Gasteiger partial charge in [-0.25, -0.2) is 4.39 Å². The van der Waals surface area contributed by atoms with E-state index in [0.717, 1.165) is 0 Å².